The van der Waals surface area contributed by atoms with Gasteiger partial charge in [0.2, 0.25) is 16.0 Å². The minimum atomic E-state index is -0.181. The van der Waals surface area contributed by atoms with Gasteiger partial charge in [-0.25, -0.2) is 4.98 Å². The molecule has 1 N–H and O–H groups in total. The van der Waals surface area contributed by atoms with E-state index in [0.29, 0.717) is 28.0 Å². The number of unbranched alkanes of at least 4 members (excludes halogenated alkanes) is 1. The van der Waals surface area contributed by atoms with Gasteiger partial charge in [0, 0.05) is 24.2 Å². The van der Waals surface area contributed by atoms with Gasteiger partial charge in [0.05, 0.1) is 5.69 Å². The summed E-state index contributed by atoms with van der Waals surface area (Å²) in [5.74, 6) is 0.705. The van der Waals surface area contributed by atoms with Crippen LogP contribution in [-0.4, -0.2) is 30.7 Å². The third kappa shape index (κ3) is 5.11. The molecule has 0 atom stereocenters. The molecule has 3 aromatic rings. The summed E-state index contributed by atoms with van der Waals surface area (Å²) in [5, 5.41) is 16.5. The third-order valence-corrected chi connectivity index (χ3v) is 6.78. The normalized spacial score (nSPS) is 11.4. The molecule has 0 saturated carbocycles. The average molecular weight is 425 g/mol. The van der Waals surface area contributed by atoms with Crippen LogP contribution in [0.4, 0.5) is 5.13 Å². The summed E-state index contributed by atoms with van der Waals surface area (Å²) in [4.78, 5) is 29.1. The van der Waals surface area contributed by atoms with Gasteiger partial charge < -0.3 is 5.32 Å². The minimum absolute atomic E-state index is 0.0455. The first-order chi connectivity index (χ1) is 13.0. The highest BCUT2D eigenvalue weighted by Gasteiger charge is 2.13. The maximum Gasteiger partial charge on any atom is 0.275 e. The number of carbonyl (C=O) groups is 1. The monoisotopic (exact) mass is 424 g/mol. The predicted molar refractivity (Wildman–Crippen MR) is 109 cm³/mol. The van der Waals surface area contributed by atoms with E-state index in [1.54, 1.807) is 0 Å². The van der Waals surface area contributed by atoms with Crippen LogP contribution < -0.4 is 10.9 Å². The Balaban J connectivity index is 1.65. The van der Waals surface area contributed by atoms with E-state index in [-0.39, 0.29) is 17.4 Å². The van der Waals surface area contributed by atoms with Crippen molar-refractivity contribution in [2.75, 3.05) is 5.32 Å². The van der Waals surface area contributed by atoms with Gasteiger partial charge in [-0.1, -0.05) is 61.6 Å². The first-order valence-corrected chi connectivity index (χ1v) is 11.2. The molecule has 1 amide bonds. The van der Waals surface area contributed by atoms with Gasteiger partial charge in [0.25, 0.3) is 5.56 Å². The lowest BCUT2D eigenvalue weighted by molar-refractivity contribution is -0.116. The van der Waals surface area contributed by atoms with Crippen LogP contribution in [0, 0.1) is 0 Å². The van der Waals surface area contributed by atoms with Crippen LogP contribution in [0.25, 0.3) is 4.96 Å². The number of rotatable bonds is 8. The van der Waals surface area contributed by atoms with Gasteiger partial charge in [-0.2, -0.15) is 9.61 Å². The molecule has 3 heterocycles. The third-order valence-electron chi connectivity index (χ3n) is 3.56. The molecule has 8 nitrogen and oxygen atoms in total. The average Bonchev–Trinajstić information content (AvgIpc) is 3.25. The second-order valence-electron chi connectivity index (χ2n) is 6.19. The van der Waals surface area contributed by atoms with Crippen LogP contribution in [0.1, 0.15) is 56.7 Å². The molecule has 0 radical (unpaired) electrons. The first kappa shape index (κ1) is 19.9. The minimum Gasteiger partial charge on any atom is -0.301 e. The van der Waals surface area contributed by atoms with Crippen molar-refractivity contribution in [2.45, 2.75) is 56.0 Å². The van der Waals surface area contributed by atoms with Crippen molar-refractivity contribution in [1.29, 1.82) is 0 Å². The Labute approximate surface area is 168 Å². The molecular weight excluding hydrogens is 404 g/mol. The number of carbonyl (C=O) groups excluding carboxylic acids is 1. The van der Waals surface area contributed by atoms with E-state index in [1.807, 2.05) is 20.8 Å². The van der Waals surface area contributed by atoms with Gasteiger partial charge in [0.1, 0.15) is 5.01 Å². The highest BCUT2D eigenvalue weighted by atomic mass is 32.2. The quantitative estimate of drug-likeness (QED) is 0.436. The molecule has 144 valence electrons. The molecule has 3 rings (SSSR count). The van der Waals surface area contributed by atoms with Crippen molar-refractivity contribution < 1.29 is 4.79 Å². The predicted octanol–water partition coefficient (Wildman–Crippen LogP) is 3.55. The van der Waals surface area contributed by atoms with Crippen molar-refractivity contribution in [1.82, 2.24) is 24.8 Å². The van der Waals surface area contributed by atoms with Gasteiger partial charge >= 0.3 is 0 Å². The van der Waals surface area contributed by atoms with Crippen LogP contribution in [0.2, 0.25) is 0 Å². The van der Waals surface area contributed by atoms with Gasteiger partial charge in [-0.15, -0.1) is 10.2 Å². The molecule has 0 bridgehead atoms. The lowest BCUT2D eigenvalue weighted by Crippen LogP contribution is -2.15. The van der Waals surface area contributed by atoms with Gasteiger partial charge in [0.15, 0.2) is 4.34 Å². The number of nitrogens with zero attached hydrogens (tertiary/aromatic N) is 5. The summed E-state index contributed by atoms with van der Waals surface area (Å²) in [7, 11) is 0. The van der Waals surface area contributed by atoms with Crippen LogP contribution >= 0.6 is 34.4 Å². The Kier molecular flexibility index (Phi) is 6.55. The van der Waals surface area contributed by atoms with Crippen molar-refractivity contribution >= 4 is 50.4 Å². The Bertz CT molecular complexity index is 994. The summed E-state index contributed by atoms with van der Waals surface area (Å²) in [5.41, 5.74) is 0.493. The fourth-order valence-electron chi connectivity index (χ4n) is 2.15. The van der Waals surface area contributed by atoms with Crippen molar-refractivity contribution in [3.8, 4) is 0 Å². The molecule has 0 spiro atoms. The van der Waals surface area contributed by atoms with E-state index in [0.717, 1.165) is 22.2 Å². The van der Waals surface area contributed by atoms with Gasteiger partial charge in [-0.3, -0.25) is 9.59 Å². The zero-order valence-electron chi connectivity index (χ0n) is 15.3. The summed E-state index contributed by atoms with van der Waals surface area (Å²) < 4.78 is 2.07. The zero-order valence-corrected chi connectivity index (χ0v) is 17.7. The molecule has 0 aliphatic rings. The number of aromatic nitrogens is 5. The fraction of sp³-hybridized carbons (Fsp3) is 0.500. The van der Waals surface area contributed by atoms with Crippen LogP contribution in [0.15, 0.2) is 15.2 Å². The Morgan fingerprint density at radius 3 is 2.89 bits per heavy atom. The lowest BCUT2D eigenvalue weighted by Gasteiger charge is -1.99. The number of amides is 1. The summed E-state index contributed by atoms with van der Waals surface area (Å²) >= 11 is 4.19. The molecule has 3 aromatic heterocycles. The van der Waals surface area contributed by atoms with Gasteiger partial charge in [-0.05, 0) is 6.42 Å². The molecule has 0 saturated heterocycles. The van der Waals surface area contributed by atoms with Crippen LogP contribution in [0.5, 0.6) is 0 Å². The molecule has 11 heteroatoms. The highest BCUT2D eigenvalue weighted by molar-refractivity contribution is 8.00. The molecule has 0 aliphatic carbocycles. The Morgan fingerprint density at radius 2 is 2.15 bits per heavy atom. The molecular formula is C16H20N6O2S3. The largest absolute Gasteiger partial charge is 0.301 e. The van der Waals surface area contributed by atoms with E-state index in [9.17, 15) is 9.59 Å². The van der Waals surface area contributed by atoms with Crippen molar-refractivity contribution in [3.05, 3.63) is 27.1 Å². The topological polar surface area (TPSA) is 102 Å². The summed E-state index contributed by atoms with van der Waals surface area (Å²) in [6.45, 7) is 6.11. The maximum atomic E-state index is 12.2. The second kappa shape index (κ2) is 8.89. The molecule has 0 fully saturated rings. The van der Waals surface area contributed by atoms with Crippen LogP contribution in [0.3, 0.4) is 0 Å². The number of thioether (sulfide) groups is 1. The number of hydrogen-bond acceptors (Lipinski definition) is 9. The Morgan fingerprint density at radius 1 is 1.33 bits per heavy atom. The SMILES string of the molecule is CCCCC(=O)Nc1nnc(SCc2cc(=O)n3nc(C(C)C)sc3n2)s1. The maximum absolute atomic E-state index is 12.2. The van der Waals surface area contributed by atoms with Crippen molar-refractivity contribution in [3.63, 3.8) is 0 Å². The molecule has 27 heavy (non-hydrogen) atoms. The van der Waals surface area contributed by atoms with E-state index in [2.05, 4.69) is 25.6 Å². The number of anilines is 1. The smallest absolute Gasteiger partial charge is 0.275 e. The van der Waals surface area contributed by atoms with Crippen LogP contribution in [-0.2, 0) is 10.5 Å². The summed E-state index contributed by atoms with van der Waals surface area (Å²) in [6, 6.07) is 1.50. The van der Waals surface area contributed by atoms with E-state index >= 15 is 0 Å². The lowest BCUT2D eigenvalue weighted by atomic mass is 10.2. The molecule has 0 aliphatic heterocycles. The standard InChI is InChI=1S/C16H20N6O2S3/c1-4-5-6-11(23)18-14-19-20-16(27-14)25-8-10-7-12(24)22-15(17-10)26-13(21-22)9(2)3/h7,9H,4-6,8H2,1-3H3,(H,18,19,23). The van der Waals surface area contributed by atoms with E-state index in [4.69, 9.17) is 0 Å². The first-order valence-electron chi connectivity index (χ1n) is 8.62. The number of hydrogen-bond donors (Lipinski definition) is 1. The van der Waals surface area contributed by atoms with E-state index in [1.165, 1.54) is 45.0 Å². The Hall–Kier alpha value is -1.85. The fourth-order valence-corrected chi connectivity index (χ4v) is 4.74. The zero-order chi connectivity index (χ0) is 19.4. The van der Waals surface area contributed by atoms with Crippen molar-refractivity contribution in [2.24, 2.45) is 0 Å². The summed E-state index contributed by atoms with van der Waals surface area (Å²) in [6.07, 6.45) is 2.31. The molecule has 0 unspecified atom stereocenters. The number of fused-ring (bicyclic) bond motifs is 1. The van der Waals surface area contributed by atoms with E-state index < -0.39 is 0 Å². The highest BCUT2D eigenvalue weighted by Crippen LogP contribution is 2.28. The number of nitrogens with one attached hydrogen (secondary N) is 1. The second-order valence-corrected chi connectivity index (χ2v) is 9.38. The molecule has 0 aromatic carbocycles.